The van der Waals surface area contributed by atoms with E-state index in [-0.39, 0.29) is 6.03 Å². The van der Waals surface area contributed by atoms with Gasteiger partial charge in [-0.1, -0.05) is 35.9 Å². The van der Waals surface area contributed by atoms with Gasteiger partial charge in [-0.2, -0.15) is 0 Å². The lowest BCUT2D eigenvalue weighted by atomic mass is 10.1. The lowest BCUT2D eigenvalue weighted by Crippen LogP contribution is -2.48. The predicted molar refractivity (Wildman–Crippen MR) is 124 cm³/mol. The first-order valence-electron chi connectivity index (χ1n) is 10.1. The highest BCUT2D eigenvalue weighted by Crippen LogP contribution is 2.30. The number of thiazole rings is 1. The van der Waals surface area contributed by atoms with E-state index >= 15 is 0 Å². The number of morpholine rings is 1. The largest absolute Gasteiger partial charge is 0.465 e. The summed E-state index contributed by atoms with van der Waals surface area (Å²) in [6, 6.07) is 14.3. The Kier molecular flexibility index (Phi) is 7.04. The molecule has 3 aromatic rings. The van der Waals surface area contributed by atoms with E-state index < -0.39 is 5.97 Å². The fourth-order valence-corrected chi connectivity index (χ4v) is 4.28. The van der Waals surface area contributed by atoms with E-state index in [1.807, 2.05) is 41.8 Å². The summed E-state index contributed by atoms with van der Waals surface area (Å²) >= 11 is 7.41. The van der Waals surface area contributed by atoms with Crippen LogP contribution in [0.25, 0.3) is 11.3 Å². The summed E-state index contributed by atoms with van der Waals surface area (Å²) in [7, 11) is 1.35. The van der Waals surface area contributed by atoms with Gasteiger partial charge in [-0.25, -0.2) is 14.6 Å². The number of benzene rings is 2. The number of esters is 1. The molecule has 4 rings (SSSR count). The van der Waals surface area contributed by atoms with Crippen LogP contribution < -0.4 is 4.90 Å². The number of carbonyl (C=O) groups is 2. The Hall–Kier alpha value is -2.94. The highest BCUT2D eigenvalue weighted by atomic mass is 35.5. The van der Waals surface area contributed by atoms with Gasteiger partial charge < -0.3 is 14.4 Å². The number of carbonyl (C=O) groups excluding carboxylic acids is 2. The van der Waals surface area contributed by atoms with E-state index in [0.29, 0.717) is 48.6 Å². The molecule has 0 atom stereocenters. The summed E-state index contributed by atoms with van der Waals surface area (Å²) in [5, 5.41) is 3.19. The fraction of sp³-hybridized carbons (Fsp3) is 0.261. The van der Waals surface area contributed by atoms with E-state index in [4.69, 9.17) is 26.1 Å². The van der Waals surface area contributed by atoms with Crippen LogP contribution in [0.2, 0.25) is 5.02 Å². The second-order valence-corrected chi connectivity index (χ2v) is 8.45. The second-order valence-electron chi connectivity index (χ2n) is 7.18. The van der Waals surface area contributed by atoms with Crippen molar-refractivity contribution in [2.45, 2.75) is 6.54 Å². The minimum atomic E-state index is -0.398. The Morgan fingerprint density at radius 2 is 1.81 bits per heavy atom. The summed E-state index contributed by atoms with van der Waals surface area (Å²) in [5.74, 6) is -0.398. The molecule has 1 saturated heterocycles. The number of aromatic nitrogens is 1. The van der Waals surface area contributed by atoms with Crippen LogP contribution in [0.3, 0.4) is 0 Å². The van der Waals surface area contributed by atoms with Gasteiger partial charge in [0.15, 0.2) is 5.13 Å². The van der Waals surface area contributed by atoms with E-state index in [2.05, 4.69) is 0 Å². The SMILES string of the molecule is COC(=O)c1ccc(CN(C(=O)N2CCOCC2)c2nc(-c3ccc(Cl)cc3)cs2)cc1. The van der Waals surface area contributed by atoms with Crippen molar-refractivity contribution in [3.05, 3.63) is 70.1 Å². The third-order valence-corrected chi connectivity index (χ3v) is 6.21. The maximum Gasteiger partial charge on any atom is 0.337 e. The molecule has 1 aliphatic heterocycles. The summed E-state index contributed by atoms with van der Waals surface area (Å²) in [5.41, 5.74) is 3.05. The number of hydrogen-bond acceptors (Lipinski definition) is 6. The first-order chi connectivity index (χ1) is 15.5. The molecule has 0 N–H and O–H groups in total. The molecule has 32 heavy (non-hydrogen) atoms. The number of methoxy groups -OCH3 is 1. The van der Waals surface area contributed by atoms with Crippen molar-refractivity contribution in [3.63, 3.8) is 0 Å². The molecule has 0 bridgehead atoms. The summed E-state index contributed by atoms with van der Waals surface area (Å²) in [6.07, 6.45) is 0. The van der Waals surface area contributed by atoms with Crippen molar-refractivity contribution in [3.8, 4) is 11.3 Å². The van der Waals surface area contributed by atoms with Gasteiger partial charge in [0.2, 0.25) is 0 Å². The van der Waals surface area contributed by atoms with Gasteiger partial charge in [0.1, 0.15) is 0 Å². The van der Waals surface area contributed by atoms with Crippen LogP contribution in [0.5, 0.6) is 0 Å². The van der Waals surface area contributed by atoms with E-state index in [1.165, 1.54) is 18.4 Å². The van der Waals surface area contributed by atoms with Gasteiger partial charge in [-0.3, -0.25) is 4.90 Å². The maximum atomic E-state index is 13.4. The van der Waals surface area contributed by atoms with E-state index in [9.17, 15) is 9.59 Å². The molecule has 0 unspecified atom stereocenters. The van der Waals surface area contributed by atoms with Crippen LogP contribution in [0.4, 0.5) is 9.93 Å². The van der Waals surface area contributed by atoms with Crippen molar-refractivity contribution in [1.82, 2.24) is 9.88 Å². The van der Waals surface area contributed by atoms with Gasteiger partial charge in [-0.05, 0) is 29.8 Å². The molecule has 1 fully saturated rings. The molecule has 166 valence electrons. The average molecular weight is 472 g/mol. The number of urea groups is 1. The predicted octanol–water partition coefficient (Wildman–Crippen LogP) is 4.71. The third-order valence-electron chi connectivity index (χ3n) is 5.09. The number of amides is 2. The third kappa shape index (κ3) is 5.09. The maximum absolute atomic E-state index is 13.4. The lowest BCUT2D eigenvalue weighted by Gasteiger charge is -2.31. The molecule has 1 aliphatic rings. The van der Waals surface area contributed by atoms with Crippen LogP contribution in [0.1, 0.15) is 15.9 Å². The topological polar surface area (TPSA) is 72.0 Å². The smallest absolute Gasteiger partial charge is 0.337 e. The van der Waals surface area contributed by atoms with Crippen molar-refractivity contribution in [1.29, 1.82) is 0 Å². The second kappa shape index (κ2) is 10.1. The van der Waals surface area contributed by atoms with Crippen molar-refractivity contribution >= 4 is 40.1 Å². The van der Waals surface area contributed by atoms with Crippen LogP contribution in [0.15, 0.2) is 53.9 Å². The van der Waals surface area contributed by atoms with Crippen LogP contribution in [-0.4, -0.2) is 55.3 Å². The zero-order valence-electron chi connectivity index (χ0n) is 17.5. The van der Waals surface area contributed by atoms with Gasteiger partial charge in [0, 0.05) is 29.1 Å². The zero-order valence-corrected chi connectivity index (χ0v) is 19.1. The van der Waals surface area contributed by atoms with Gasteiger partial charge in [0.05, 0.1) is 38.1 Å². The summed E-state index contributed by atoms with van der Waals surface area (Å²) in [4.78, 5) is 33.3. The molecule has 0 radical (unpaired) electrons. The summed E-state index contributed by atoms with van der Waals surface area (Å²) < 4.78 is 10.1. The molecule has 2 aromatic carbocycles. The number of rotatable bonds is 5. The van der Waals surface area contributed by atoms with Gasteiger partial charge in [-0.15, -0.1) is 11.3 Å². The number of ether oxygens (including phenoxy) is 2. The molecular weight excluding hydrogens is 450 g/mol. The van der Waals surface area contributed by atoms with Crippen molar-refractivity contribution in [2.24, 2.45) is 0 Å². The lowest BCUT2D eigenvalue weighted by molar-refractivity contribution is 0.0548. The summed E-state index contributed by atoms with van der Waals surface area (Å²) in [6.45, 7) is 2.42. The Labute approximate surface area is 195 Å². The normalized spacial score (nSPS) is 13.6. The molecule has 0 aliphatic carbocycles. The number of hydrogen-bond donors (Lipinski definition) is 0. The first-order valence-corrected chi connectivity index (χ1v) is 11.3. The number of halogens is 1. The molecule has 2 amide bonds. The van der Waals surface area contributed by atoms with E-state index in [0.717, 1.165) is 16.8 Å². The number of nitrogens with zero attached hydrogens (tertiary/aromatic N) is 3. The highest BCUT2D eigenvalue weighted by molar-refractivity contribution is 7.14. The first kappa shape index (κ1) is 22.3. The monoisotopic (exact) mass is 471 g/mol. The molecule has 7 nitrogen and oxygen atoms in total. The Morgan fingerprint density at radius 3 is 2.47 bits per heavy atom. The number of anilines is 1. The molecule has 2 heterocycles. The zero-order chi connectivity index (χ0) is 22.5. The Bertz CT molecular complexity index is 1080. The molecule has 9 heteroatoms. The Balaban J connectivity index is 1.61. The quantitative estimate of drug-likeness (QED) is 0.504. The van der Waals surface area contributed by atoms with Crippen LogP contribution in [-0.2, 0) is 16.0 Å². The standard InChI is InChI=1S/C23H22ClN3O4S/c1-30-21(28)18-4-2-16(3-5-18)14-27(23(29)26-10-12-31-13-11-26)22-25-20(15-32-22)17-6-8-19(24)9-7-17/h2-9,15H,10-14H2,1H3. The van der Waals surface area contributed by atoms with Crippen molar-refractivity contribution in [2.75, 3.05) is 38.3 Å². The van der Waals surface area contributed by atoms with Gasteiger partial charge in [0.25, 0.3) is 0 Å². The van der Waals surface area contributed by atoms with Crippen LogP contribution >= 0.6 is 22.9 Å². The van der Waals surface area contributed by atoms with Gasteiger partial charge >= 0.3 is 12.0 Å². The minimum absolute atomic E-state index is 0.123. The Morgan fingerprint density at radius 1 is 1.12 bits per heavy atom. The van der Waals surface area contributed by atoms with Crippen LogP contribution in [0, 0.1) is 0 Å². The van der Waals surface area contributed by atoms with Crippen molar-refractivity contribution < 1.29 is 19.1 Å². The molecule has 0 saturated carbocycles. The fourth-order valence-electron chi connectivity index (χ4n) is 3.33. The molecular formula is C23H22ClN3O4S. The highest BCUT2D eigenvalue weighted by Gasteiger charge is 2.26. The van der Waals surface area contributed by atoms with E-state index in [1.54, 1.807) is 21.9 Å². The minimum Gasteiger partial charge on any atom is -0.465 e. The molecule has 1 aromatic heterocycles. The average Bonchev–Trinajstić information content (AvgIpc) is 3.33. The molecule has 0 spiro atoms.